The van der Waals surface area contributed by atoms with Crippen LogP contribution in [0.3, 0.4) is 0 Å². The fraction of sp³-hybridized carbons (Fsp3) is 0.158. The molecule has 3 aromatic rings. The van der Waals surface area contributed by atoms with Crippen molar-refractivity contribution in [2.24, 2.45) is 0 Å². The Morgan fingerprint density at radius 1 is 1.17 bits per heavy atom. The number of furan rings is 1. The molecule has 0 aliphatic heterocycles. The van der Waals surface area contributed by atoms with E-state index in [0.29, 0.717) is 12.4 Å². The summed E-state index contributed by atoms with van der Waals surface area (Å²) in [6, 6.07) is 15.4. The van der Waals surface area contributed by atoms with Gasteiger partial charge in [0.25, 0.3) is 0 Å². The lowest BCUT2D eigenvalue weighted by Gasteiger charge is -2.03. The van der Waals surface area contributed by atoms with Crippen LogP contribution in [0.5, 0.6) is 0 Å². The van der Waals surface area contributed by atoms with E-state index in [1.807, 2.05) is 49.4 Å². The zero-order valence-electron chi connectivity index (χ0n) is 13.1. The summed E-state index contributed by atoms with van der Waals surface area (Å²) in [5.74, 6) is 0.353. The lowest BCUT2D eigenvalue weighted by molar-refractivity contribution is 0.0489. The first kappa shape index (κ1) is 15.0. The molecule has 0 spiro atoms. The number of benzene rings is 1. The van der Waals surface area contributed by atoms with Crippen molar-refractivity contribution in [3.63, 3.8) is 0 Å². The quantitative estimate of drug-likeness (QED) is 0.663. The minimum Gasteiger partial charge on any atom is -0.460 e. The van der Waals surface area contributed by atoms with E-state index in [9.17, 15) is 4.79 Å². The van der Waals surface area contributed by atoms with Crippen molar-refractivity contribution in [1.82, 2.24) is 4.98 Å². The predicted molar refractivity (Wildman–Crippen MR) is 90.0 cm³/mol. The molecule has 1 aromatic carbocycles. The van der Waals surface area contributed by atoms with E-state index in [0.717, 1.165) is 22.2 Å². The molecule has 0 aliphatic carbocycles. The van der Waals surface area contributed by atoms with Gasteiger partial charge in [-0.2, -0.15) is 0 Å². The molecule has 0 saturated heterocycles. The number of carbonyl (C=O) groups excluding carboxylic acids is 1. The molecule has 3 rings (SSSR count). The number of ether oxygens (including phenoxy) is 1. The molecular weight excluding hydrogens is 290 g/mol. The number of nitrogens with zero attached hydrogens (tertiary/aromatic N) is 1. The van der Waals surface area contributed by atoms with Gasteiger partial charge in [0.05, 0.1) is 17.8 Å². The lowest BCUT2D eigenvalue weighted by Crippen LogP contribution is -2.02. The van der Waals surface area contributed by atoms with Crippen LogP contribution in [-0.2, 0) is 4.74 Å². The van der Waals surface area contributed by atoms with Crippen LogP contribution in [0.15, 0.2) is 52.9 Å². The number of hydrogen-bond acceptors (Lipinski definition) is 4. The molecule has 0 N–H and O–H groups in total. The average molecular weight is 307 g/mol. The van der Waals surface area contributed by atoms with Crippen molar-refractivity contribution in [2.45, 2.75) is 13.8 Å². The number of aromatic nitrogens is 1. The summed E-state index contributed by atoms with van der Waals surface area (Å²) in [6.45, 7) is 4.05. The fourth-order valence-electron chi connectivity index (χ4n) is 2.32. The van der Waals surface area contributed by atoms with E-state index in [1.54, 1.807) is 19.1 Å². The number of carbonyl (C=O) groups is 1. The summed E-state index contributed by atoms with van der Waals surface area (Å²) in [4.78, 5) is 16.3. The minimum absolute atomic E-state index is 0.206. The fourth-order valence-corrected chi connectivity index (χ4v) is 2.32. The SMILES string of the molecule is CCOC(=O)c1ccc(/C=C(/C)c2ccc3ccccc3n2)o1. The summed E-state index contributed by atoms with van der Waals surface area (Å²) in [5, 5.41) is 1.10. The summed E-state index contributed by atoms with van der Waals surface area (Å²) in [6.07, 6.45) is 1.86. The molecule has 23 heavy (non-hydrogen) atoms. The molecule has 2 heterocycles. The number of rotatable bonds is 4. The maximum absolute atomic E-state index is 11.6. The molecule has 0 bridgehead atoms. The second kappa shape index (κ2) is 6.48. The standard InChI is InChI=1S/C19H17NO3/c1-3-22-19(21)18-11-9-15(23-18)12-13(2)16-10-8-14-6-4-5-7-17(14)20-16/h4-12H,3H2,1-2H3/b13-12-. The van der Waals surface area contributed by atoms with Gasteiger partial charge in [0.1, 0.15) is 5.76 Å². The lowest BCUT2D eigenvalue weighted by atomic mass is 10.1. The zero-order valence-corrected chi connectivity index (χ0v) is 13.1. The van der Waals surface area contributed by atoms with Crippen molar-refractivity contribution >= 4 is 28.5 Å². The van der Waals surface area contributed by atoms with E-state index in [2.05, 4.69) is 4.98 Å². The molecule has 0 unspecified atom stereocenters. The highest BCUT2D eigenvalue weighted by molar-refractivity contribution is 5.87. The van der Waals surface area contributed by atoms with Gasteiger partial charge in [-0.25, -0.2) is 9.78 Å². The Bertz CT molecular complexity index is 877. The normalized spacial score (nSPS) is 11.7. The largest absolute Gasteiger partial charge is 0.460 e. The third-order valence-corrected chi connectivity index (χ3v) is 3.46. The minimum atomic E-state index is -0.450. The number of para-hydroxylation sites is 1. The summed E-state index contributed by atoms with van der Waals surface area (Å²) < 4.78 is 10.4. The Morgan fingerprint density at radius 2 is 2.00 bits per heavy atom. The van der Waals surface area contributed by atoms with E-state index in [-0.39, 0.29) is 5.76 Å². The molecule has 0 saturated carbocycles. The Kier molecular flexibility index (Phi) is 4.24. The van der Waals surface area contributed by atoms with Gasteiger partial charge in [0.2, 0.25) is 5.76 Å². The Hall–Kier alpha value is -2.88. The van der Waals surface area contributed by atoms with Gasteiger partial charge < -0.3 is 9.15 Å². The first-order valence-corrected chi connectivity index (χ1v) is 7.49. The second-order valence-electron chi connectivity index (χ2n) is 5.14. The highest BCUT2D eigenvalue weighted by Crippen LogP contribution is 2.21. The number of fused-ring (bicyclic) bond motifs is 1. The number of esters is 1. The summed E-state index contributed by atoms with van der Waals surface area (Å²) in [7, 11) is 0. The molecule has 0 amide bonds. The van der Waals surface area contributed by atoms with Crippen molar-refractivity contribution in [3.05, 3.63) is 65.7 Å². The van der Waals surface area contributed by atoms with Crippen LogP contribution in [-0.4, -0.2) is 17.6 Å². The third-order valence-electron chi connectivity index (χ3n) is 3.46. The van der Waals surface area contributed by atoms with Crippen molar-refractivity contribution in [1.29, 1.82) is 0 Å². The van der Waals surface area contributed by atoms with Gasteiger partial charge in [-0.3, -0.25) is 0 Å². The topological polar surface area (TPSA) is 52.3 Å². The Morgan fingerprint density at radius 3 is 2.83 bits per heavy atom. The molecule has 116 valence electrons. The Balaban J connectivity index is 1.87. The van der Waals surface area contributed by atoms with E-state index < -0.39 is 5.97 Å². The van der Waals surface area contributed by atoms with Gasteiger partial charge >= 0.3 is 5.97 Å². The van der Waals surface area contributed by atoms with Crippen LogP contribution < -0.4 is 0 Å². The van der Waals surface area contributed by atoms with Gasteiger partial charge in [-0.05, 0) is 49.8 Å². The van der Waals surface area contributed by atoms with Crippen LogP contribution in [0, 0.1) is 0 Å². The third kappa shape index (κ3) is 3.31. The van der Waals surface area contributed by atoms with Gasteiger partial charge in [-0.15, -0.1) is 0 Å². The van der Waals surface area contributed by atoms with Crippen LogP contribution in [0.1, 0.15) is 35.9 Å². The highest BCUT2D eigenvalue weighted by Gasteiger charge is 2.11. The zero-order chi connectivity index (χ0) is 16.2. The van der Waals surface area contributed by atoms with Gasteiger partial charge in [-0.1, -0.05) is 24.3 Å². The second-order valence-corrected chi connectivity index (χ2v) is 5.14. The monoisotopic (exact) mass is 307 g/mol. The highest BCUT2D eigenvalue weighted by atomic mass is 16.5. The first-order valence-electron chi connectivity index (χ1n) is 7.49. The van der Waals surface area contributed by atoms with E-state index >= 15 is 0 Å². The Labute approximate surface area is 134 Å². The van der Waals surface area contributed by atoms with E-state index in [4.69, 9.17) is 9.15 Å². The maximum Gasteiger partial charge on any atom is 0.374 e. The molecule has 0 fully saturated rings. The molecule has 0 radical (unpaired) electrons. The number of hydrogen-bond donors (Lipinski definition) is 0. The van der Waals surface area contributed by atoms with Gasteiger partial charge in [0.15, 0.2) is 0 Å². The summed E-state index contributed by atoms with van der Waals surface area (Å²) in [5.41, 5.74) is 2.78. The summed E-state index contributed by atoms with van der Waals surface area (Å²) >= 11 is 0. The van der Waals surface area contributed by atoms with E-state index in [1.165, 1.54) is 0 Å². The van der Waals surface area contributed by atoms with Crippen molar-refractivity contribution < 1.29 is 13.9 Å². The molecule has 0 aliphatic rings. The predicted octanol–water partition coefficient (Wildman–Crippen LogP) is 4.57. The maximum atomic E-state index is 11.6. The molecular formula is C19H17NO3. The molecule has 4 heteroatoms. The van der Waals surface area contributed by atoms with Crippen molar-refractivity contribution in [3.8, 4) is 0 Å². The van der Waals surface area contributed by atoms with Crippen LogP contribution in [0.2, 0.25) is 0 Å². The number of allylic oxidation sites excluding steroid dienone is 1. The first-order chi connectivity index (χ1) is 11.2. The smallest absolute Gasteiger partial charge is 0.374 e. The van der Waals surface area contributed by atoms with Crippen LogP contribution in [0.25, 0.3) is 22.6 Å². The van der Waals surface area contributed by atoms with Crippen LogP contribution >= 0.6 is 0 Å². The van der Waals surface area contributed by atoms with Crippen molar-refractivity contribution in [2.75, 3.05) is 6.61 Å². The average Bonchev–Trinajstić information content (AvgIpc) is 3.03. The molecule has 0 atom stereocenters. The molecule has 4 nitrogen and oxygen atoms in total. The molecule has 2 aromatic heterocycles. The number of pyridine rings is 1. The van der Waals surface area contributed by atoms with Crippen LogP contribution in [0.4, 0.5) is 0 Å². The van der Waals surface area contributed by atoms with Gasteiger partial charge in [0, 0.05) is 5.39 Å².